The van der Waals surface area contributed by atoms with Crippen molar-refractivity contribution in [1.82, 2.24) is 14.8 Å². The second-order valence-electron chi connectivity index (χ2n) is 3.87. The van der Waals surface area contributed by atoms with E-state index in [4.69, 9.17) is 9.52 Å². The summed E-state index contributed by atoms with van der Waals surface area (Å²) in [5.74, 6) is 0.993. The average molecular weight is 249 g/mol. The van der Waals surface area contributed by atoms with Gasteiger partial charge in [-0.05, 0) is 6.07 Å². The SMILES string of the molecule is CCc1nc(CC)n(Cc2occc2C(=O)O)n1. The third-order valence-electron chi connectivity index (χ3n) is 2.69. The van der Waals surface area contributed by atoms with E-state index in [0.717, 1.165) is 24.5 Å². The third-order valence-corrected chi connectivity index (χ3v) is 2.69. The highest BCUT2D eigenvalue weighted by molar-refractivity contribution is 5.88. The lowest BCUT2D eigenvalue weighted by Gasteiger charge is -2.02. The molecule has 0 spiro atoms. The number of furan rings is 1. The van der Waals surface area contributed by atoms with Crippen LogP contribution < -0.4 is 0 Å². The minimum atomic E-state index is -0.993. The summed E-state index contributed by atoms with van der Waals surface area (Å²) in [5.41, 5.74) is 0.172. The van der Waals surface area contributed by atoms with Crippen LogP contribution in [-0.4, -0.2) is 25.8 Å². The summed E-state index contributed by atoms with van der Waals surface area (Å²) in [7, 11) is 0. The van der Waals surface area contributed by atoms with Crippen molar-refractivity contribution in [2.45, 2.75) is 33.2 Å². The van der Waals surface area contributed by atoms with Crippen LogP contribution in [0.2, 0.25) is 0 Å². The number of rotatable bonds is 5. The van der Waals surface area contributed by atoms with E-state index < -0.39 is 5.97 Å². The van der Waals surface area contributed by atoms with E-state index in [2.05, 4.69) is 10.1 Å². The Morgan fingerprint density at radius 3 is 2.83 bits per heavy atom. The van der Waals surface area contributed by atoms with Gasteiger partial charge in [0.1, 0.15) is 23.7 Å². The maximum absolute atomic E-state index is 11.0. The average Bonchev–Trinajstić information content (AvgIpc) is 2.95. The lowest BCUT2D eigenvalue weighted by atomic mass is 10.2. The first-order chi connectivity index (χ1) is 8.65. The minimum absolute atomic E-state index is 0.172. The molecule has 0 aromatic carbocycles. The molecule has 96 valence electrons. The van der Waals surface area contributed by atoms with Crippen LogP contribution in [0.25, 0.3) is 0 Å². The van der Waals surface area contributed by atoms with Crippen molar-refractivity contribution < 1.29 is 14.3 Å². The van der Waals surface area contributed by atoms with Crippen LogP contribution in [0.15, 0.2) is 16.7 Å². The highest BCUT2D eigenvalue weighted by atomic mass is 16.4. The number of carbonyl (C=O) groups is 1. The van der Waals surface area contributed by atoms with Crippen molar-refractivity contribution in [2.75, 3.05) is 0 Å². The summed E-state index contributed by atoms with van der Waals surface area (Å²) >= 11 is 0. The van der Waals surface area contributed by atoms with Crippen molar-refractivity contribution >= 4 is 5.97 Å². The number of aromatic carboxylic acids is 1. The maximum Gasteiger partial charge on any atom is 0.339 e. The van der Waals surface area contributed by atoms with Crippen molar-refractivity contribution in [3.63, 3.8) is 0 Å². The predicted molar refractivity (Wildman–Crippen MR) is 63.5 cm³/mol. The summed E-state index contributed by atoms with van der Waals surface area (Å²) in [5, 5.41) is 13.3. The van der Waals surface area contributed by atoms with Gasteiger partial charge in [-0.2, -0.15) is 5.10 Å². The van der Waals surface area contributed by atoms with Gasteiger partial charge in [-0.25, -0.2) is 14.5 Å². The van der Waals surface area contributed by atoms with Crippen LogP contribution in [0.5, 0.6) is 0 Å². The lowest BCUT2D eigenvalue weighted by Crippen LogP contribution is -2.09. The molecule has 0 aliphatic rings. The number of aryl methyl sites for hydroxylation is 2. The first kappa shape index (κ1) is 12.3. The molecule has 0 unspecified atom stereocenters. The normalized spacial score (nSPS) is 10.8. The number of carboxylic acid groups (broad SMARTS) is 1. The molecule has 18 heavy (non-hydrogen) atoms. The summed E-state index contributed by atoms with van der Waals surface area (Å²) in [6.45, 7) is 4.26. The number of hydrogen-bond donors (Lipinski definition) is 1. The molecule has 6 heteroatoms. The molecular weight excluding hydrogens is 234 g/mol. The Balaban J connectivity index is 2.30. The Bertz CT molecular complexity index is 557. The monoisotopic (exact) mass is 249 g/mol. The molecule has 0 saturated carbocycles. The van der Waals surface area contributed by atoms with E-state index in [9.17, 15) is 4.79 Å². The Hall–Kier alpha value is -2.11. The lowest BCUT2D eigenvalue weighted by molar-refractivity contribution is 0.0694. The van der Waals surface area contributed by atoms with Crippen LogP contribution in [0.3, 0.4) is 0 Å². The standard InChI is InChI=1S/C12H15N3O3/c1-3-10-13-11(4-2)15(14-10)7-9-8(12(16)17)5-6-18-9/h5-6H,3-4,7H2,1-2H3,(H,16,17). The quantitative estimate of drug-likeness (QED) is 0.872. The molecule has 2 aromatic heterocycles. The zero-order valence-electron chi connectivity index (χ0n) is 10.4. The topological polar surface area (TPSA) is 81.2 Å². The van der Waals surface area contributed by atoms with Gasteiger partial charge < -0.3 is 9.52 Å². The van der Waals surface area contributed by atoms with Crippen LogP contribution in [0.1, 0.15) is 41.6 Å². The van der Waals surface area contributed by atoms with E-state index in [1.807, 2.05) is 13.8 Å². The molecule has 0 amide bonds. The third kappa shape index (κ3) is 2.27. The molecular formula is C12H15N3O3. The van der Waals surface area contributed by atoms with Gasteiger partial charge in [0, 0.05) is 12.8 Å². The number of nitrogens with zero attached hydrogens (tertiary/aromatic N) is 3. The first-order valence-electron chi connectivity index (χ1n) is 5.88. The second kappa shape index (κ2) is 5.03. The maximum atomic E-state index is 11.0. The fraction of sp³-hybridized carbons (Fsp3) is 0.417. The molecule has 6 nitrogen and oxygen atoms in total. The van der Waals surface area contributed by atoms with Gasteiger partial charge in [0.15, 0.2) is 5.82 Å². The van der Waals surface area contributed by atoms with Crippen LogP contribution in [-0.2, 0) is 19.4 Å². The Kier molecular flexibility index (Phi) is 3.45. The van der Waals surface area contributed by atoms with Gasteiger partial charge >= 0.3 is 5.97 Å². The van der Waals surface area contributed by atoms with E-state index >= 15 is 0 Å². The molecule has 0 atom stereocenters. The molecule has 0 radical (unpaired) electrons. The van der Waals surface area contributed by atoms with Crippen LogP contribution in [0.4, 0.5) is 0 Å². The molecule has 2 heterocycles. The van der Waals surface area contributed by atoms with Crippen LogP contribution in [0, 0.1) is 0 Å². The fourth-order valence-electron chi connectivity index (χ4n) is 1.75. The van der Waals surface area contributed by atoms with Gasteiger partial charge in [-0.3, -0.25) is 0 Å². The second-order valence-corrected chi connectivity index (χ2v) is 3.87. The number of aromatic nitrogens is 3. The number of carboxylic acids is 1. The summed E-state index contributed by atoms with van der Waals surface area (Å²) in [6.07, 6.45) is 2.88. The van der Waals surface area contributed by atoms with E-state index in [-0.39, 0.29) is 5.56 Å². The van der Waals surface area contributed by atoms with Crippen molar-refractivity contribution in [2.24, 2.45) is 0 Å². The summed E-state index contributed by atoms with van der Waals surface area (Å²) in [6, 6.07) is 1.45. The minimum Gasteiger partial charge on any atom is -0.478 e. The fourth-order valence-corrected chi connectivity index (χ4v) is 1.75. The number of hydrogen-bond acceptors (Lipinski definition) is 4. The van der Waals surface area contributed by atoms with Gasteiger partial charge in [0.25, 0.3) is 0 Å². The highest BCUT2D eigenvalue weighted by Gasteiger charge is 2.16. The smallest absolute Gasteiger partial charge is 0.339 e. The zero-order valence-corrected chi connectivity index (χ0v) is 10.4. The predicted octanol–water partition coefficient (Wildman–Crippen LogP) is 1.74. The summed E-state index contributed by atoms with van der Waals surface area (Å²) < 4.78 is 6.90. The van der Waals surface area contributed by atoms with Gasteiger partial charge in [0.05, 0.1) is 6.26 Å². The molecule has 0 aliphatic carbocycles. The largest absolute Gasteiger partial charge is 0.478 e. The molecule has 2 rings (SSSR count). The zero-order chi connectivity index (χ0) is 13.1. The molecule has 0 fully saturated rings. The Labute approximate surface area is 104 Å². The van der Waals surface area contributed by atoms with Gasteiger partial charge in [-0.15, -0.1) is 0 Å². The molecule has 1 N–H and O–H groups in total. The van der Waals surface area contributed by atoms with Crippen molar-refractivity contribution in [1.29, 1.82) is 0 Å². The first-order valence-corrected chi connectivity index (χ1v) is 5.88. The van der Waals surface area contributed by atoms with E-state index in [1.54, 1.807) is 4.68 Å². The van der Waals surface area contributed by atoms with E-state index in [1.165, 1.54) is 12.3 Å². The molecule has 0 saturated heterocycles. The Morgan fingerprint density at radius 2 is 2.22 bits per heavy atom. The van der Waals surface area contributed by atoms with E-state index in [0.29, 0.717) is 12.3 Å². The van der Waals surface area contributed by atoms with Crippen molar-refractivity contribution in [3.05, 3.63) is 35.3 Å². The molecule has 2 aromatic rings. The molecule has 0 bridgehead atoms. The van der Waals surface area contributed by atoms with Crippen molar-refractivity contribution in [3.8, 4) is 0 Å². The summed E-state index contributed by atoms with van der Waals surface area (Å²) in [4.78, 5) is 15.3. The Morgan fingerprint density at radius 1 is 1.44 bits per heavy atom. The highest BCUT2D eigenvalue weighted by Crippen LogP contribution is 2.13. The van der Waals surface area contributed by atoms with Gasteiger partial charge in [-0.1, -0.05) is 13.8 Å². The van der Waals surface area contributed by atoms with Crippen LogP contribution >= 0.6 is 0 Å². The molecule has 0 aliphatic heterocycles. The van der Waals surface area contributed by atoms with Gasteiger partial charge in [0.2, 0.25) is 0 Å².